The van der Waals surface area contributed by atoms with Gasteiger partial charge in [0.05, 0.1) is 6.10 Å². The van der Waals surface area contributed by atoms with Crippen molar-refractivity contribution in [2.45, 2.75) is 70.4 Å². The molecule has 0 spiro atoms. The molecule has 3 rings (SSSR count). The van der Waals surface area contributed by atoms with Crippen molar-refractivity contribution in [1.29, 1.82) is 0 Å². The van der Waals surface area contributed by atoms with E-state index in [1.54, 1.807) is 45.0 Å². The number of aliphatic carboxylic acids is 1. The first kappa shape index (κ1) is 26.4. The summed E-state index contributed by atoms with van der Waals surface area (Å²) in [5.74, 6) is -2.78. The number of carboxylic acids is 1. The summed E-state index contributed by atoms with van der Waals surface area (Å²) >= 11 is 0. The van der Waals surface area contributed by atoms with Gasteiger partial charge in [-0.05, 0) is 24.3 Å². The van der Waals surface area contributed by atoms with E-state index in [1.807, 2.05) is 0 Å². The van der Waals surface area contributed by atoms with Crippen LogP contribution in [0.25, 0.3) is 0 Å². The van der Waals surface area contributed by atoms with Gasteiger partial charge in [-0.15, -0.1) is 0 Å². The van der Waals surface area contributed by atoms with Gasteiger partial charge in [0.2, 0.25) is 11.8 Å². The molecule has 2 aliphatic rings. The smallest absolute Gasteiger partial charge is 0.341 e. The van der Waals surface area contributed by atoms with E-state index in [-0.39, 0.29) is 32.4 Å². The molecule has 0 unspecified atom stereocenters. The number of halogens is 1. The Morgan fingerprint density at radius 3 is 2.49 bits per heavy atom. The van der Waals surface area contributed by atoms with E-state index in [0.717, 1.165) is 0 Å². The van der Waals surface area contributed by atoms with Crippen LogP contribution in [0.3, 0.4) is 0 Å². The number of ether oxygens (including phenoxy) is 1. The Morgan fingerprint density at radius 1 is 1.23 bits per heavy atom. The Kier molecular flexibility index (Phi) is 7.68. The minimum absolute atomic E-state index is 0.00654. The van der Waals surface area contributed by atoms with E-state index in [2.05, 4.69) is 10.6 Å². The monoisotopic (exact) mass is 493 g/mol. The molecule has 1 saturated carbocycles. The SMILES string of the molecule is CC(C)(C)[C@H](NC(=O)C1(F)CC1)C(=O)N1C[C@H](O)C[C@H]1C(=O)NCc1ccccc1OCC(=O)O. The van der Waals surface area contributed by atoms with Crippen molar-refractivity contribution in [3.05, 3.63) is 29.8 Å². The third kappa shape index (κ3) is 6.47. The van der Waals surface area contributed by atoms with Crippen LogP contribution in [-0.2, 0) is 25.7 Å². The standard InChI is InChI=1S/C24H32FN3O7/c1-23(2,3)19(27-22(34)24(25)8-9-24)21(33)28-12-15(29)10-16(28)20(32)26-11-14-6-4-5-7-17(14)35-13-18(30)31/h4-7,15-16,19,29H,8-13H2,1-3H3,(H,26,32)(H,27,34)(H,30,31)/t15-,16+,19-/m1/s1. The highest BCUT2D eigenvalue weighted by Gasteiger charge is 2.53. The van der Waals surface area contributed by atoms with E-state index in [0.29, 0.717) is 11.3 Å². The van der Waals surface area contributed by atoms with E-state index in [1.165, 1.54) is 4.90 Å². The average Bonchev–Trinajstić information content (AvgIpc) is 3.42. The van der Waals surface area contributed by atoms with Crippen molar-refractivity contribution < 1.29 is 38.5 Å². The molecule has 11 heteroatoms. The third-order valence-corrected chi connectivity index (χ3v) is 6.13. The number of para-hydroxylation sites is 1. The molecular weight excluding hydrogens is 461 g/mol. The Morgan fingerprint density at radius 2 is 1.89 bits per heavy atom. The Balaban J connectivity index is 1.71. The van der Waals surface area contributed by atoms with Gasteiger partial charge >= 0.3 is 5.97 Å². The molecule has 3 amide bonds. The molecule has 0 radical (unpaired) electrons. The first-order valence-corrected chi connectivity index (χ1v) is 11.5. The van der Waals surface area contributed by atoms with Crippen molar-refractivity contribution in [3.8, 4) is 5.75 Å². The van der Waals surface area contributed by atoms with Crippen molar-refractivity contribution in [3.63, 3.8) is 0 Å². The number of aliphatic hydroxyl groups excluding tert-OH is 1. The molecule has 1 aromatic carbocycles. The topological polar surface area (TPSA) is 145 Å². The number of nitrogens with one attached hydrogen (secondary N) is 2. The van der Waals surface area contributed by atoms with Crippen LogP contribution in [0, 0.1) is 5.41 Å². The van der Waals surface area contributed by atoms with Gasteiger partial charge in [0.1, 0.15) is 17.8 Å². The van der Waals surface area contributed by atoms with Crippen LogP contribution in [0.15, 0.2) is 24.3 Å². The molecule has 4 N–H and O–H groups in total. The fraction of sp³-hybridized carbons (Fsp3) is 0.583. The Labute approximate surface area is 202 Å². The zero-order valence-electron chi connectivity index (χ0n) is 20.0. The molecule has 0 bridgehead atoms. The number of carbonyl (C=O) groups is 4. The lowest BCUT2D eigenvalue weighted by molar-refractivity contribution is -0.145. The van der Waals surface area contributed by atoms with Crippen LogP contribution in [0.5, 0.6) is 5.75 Å². The zero-order valence-corrected chi connectivity index (χ0v) is 20.0. The van der Waals surface area contributed by atoms with Crippen molar-refractivity contribution in [1.82, 2.24) is 15.5 Å². The van der Waals surface area contributed by atoms with Gasteiger partial charge in [0, 0.05) is 25.1 Å². The van der Waals surface area contributed by atoms with E-state index in [4.69, 9.17) is 9.84 Å². The second-order valence-electron chi connectivity index (χ2n) is 10.1. The van der Waals surface area contributed by atoms with E-state index < -0.39 is 59.6 Å². The minimum atomic E-state index is -1.96. The number of likely N-dealkylation sites (tertiary alicyclic amines) is 1. The molecule has 3 atom stereocenters. The number of carbonyl (C=O) groups excluding carboxylic acids is 3. The fourth-order valence-electron chi connectivity index (χ4n) is 3.95. The van der Waals surface area contributed by atoms with Gasteiger partial charge in [0.15, 0.2) is 12.3 Å². The van der Waals surface area contributed by atoms with Gasteiger partial charge in [-0.3, -0.25) is 14.4 Å². The minimum Gasteiger partial charge on any atom is -0.482 e. The summed E-state index contributed by atoms with van der Waals surface area (Å²) in [6.45, 7) is 4.55. The van der Waals surface area contributed by atoms with Crippen LogP contribution in [0.4, 0.5) is 4.39 Å². The van der Waals surface area contributed by atoms with Crippen molar-refractivity contribution in [2.75, 3.05) is 13.2 Å². The third-order valence-electron chi connectivity index (χ3n) is 6.13. The second-order valence-corrected chi connectivity index (χ2v) is 10.1. The van der Waals surface area contributed by atoms with Gasteiger partial charge in [0.25, 0.3) is 5.91 Å². The van der Waals surface area contributed by atoms with Crippen LogP contribution in [0.2, 0.25) is 0 Å². The van der Waals surface area contributed by atoms with Crippen LogP contribution < -0.4 is 15.4 Å². The van der Waals surface area contributed by atoms with Gasteiger partial charge in [-0.2, -0.15) is 0 Å². The quantitative estimate of drug-likeness (QED) is 0.397. The number of aliphatic hydroxyl groups is 1. The van der Waals surface area contributed by atoms with Crippen LogP contribution in [0.1, 0.15) is 45.6 Å². The van der Waals surface area contributed by atoms with Crippen molar-refractivity contribution in [2.24, 2.45) is 5.41 Å². The largest absolute Gasteiger partial charge is 0.482 e. The molecule has 1 aliphatic carbocycles. The maximum absolute atomic E-state index is 14.3. The number of benzene rings is 1. The number of amides is 3. The van der Waals surface area contributed by atoms with Crippen LogP contribution in [-0.4, -0.2) is 75.8 Å². The summed E-state index contributed by atoms with van der Waals surface area (Å²) < 4.78 is 19.5. The lowest BCUT2D eigenvalue weighted by Crippen LogP contribution is -2.59. The highest BCUT2D eigenvalue weighted by molar-refractivity contribution is 5.95. The van der Waals surface area contributed by atoms with Gasteiger partial charge in [-0.25, -0.2) is 9.18 Å². The lowest BCUT2D eigenvalue weighted by atomic mass is 9.85. The fourth-order valence-corrected chi connectivity index (χ4v) is 3.95. The molecule has 1 aromatic rings. The van der Waals surface area contributed by atoms with Gasteiger partial charge in [-0.1, -0.05) is 39.0 Å². The summed E-state index contributed by atoms with van der Waals surface area (Å²) in [5, 5.41) is 24.3. The first-order valence-electron chi connectivity index (χ1n) is 11.5. The normalized spacial score (nSPS) is 21.7. The van der Waals surface area contributed by atoms with Gasteiger partial charge < -0.3 is 30.5 Å². The molecule has 192 valence electrons. The van der Waals surface area contributed by atoms with E-state index in [9.17, 15) is 28.7 Å². The molecule has 10 nitrogen and oxygen atoms in total. The number of alkyl halides is 1. The number of nitrogens with zero attached hydrogens (tertiary/aromatic N) is 1. The number of hydrogen-bond donors (Lipinski definition) is 4. The molecule has 35 heavy (non-hydrogen) atoms. The molecular formula is C24H32FN3O7. The molecule has 0 aromatic heterocycles. The number of carboxylic acid groups (broad SMARTS) is 1. The molecule has 1 heterocycles. The first-order chi connectivity index (χ1) is 16.3. The summed E-state index contributed by atoms with van der Waals surface area (Å²) in [6, 6.07) is 4.53. The lowest BCUT2D eigenvalue weighted by Gasteiger charge is -2.35. The highest BCUT2D eigenvalue weighted by Crippen LogP contribution is 2.40. The summed E-state index contributed by atoms with van der Waals surface area (Å²) in [6.07, 6.45) is -0.718. The summed E-state index contributed by atoms with van der Waals surface area (Å²) in [7, 11) is 0. The molecule has 1 saturated heterocycles. The Bertz CT molecular complexity index is 990. The summed E-state index contributed by atoms with van der Waals surface area (Å²) in [5.41, 5.74) is -2.19. The van der Waals surface area contributed by atoms with Crippen LogP contribution >= 0.6 is 0 Å². The van der Waals surface area contributed by atoms with Crippen molar-refractivity contribution >= 4 is 23.7 Å². The number of β-amino-alcohol motifs (C(OH)–C–C–N with tert-alkyl or cyclic N) is 1. The average molecular weight is 494 g/mol. The number of hydrogen-bond acceptors (Lipinski definition) is 6. The molecule has 2 fully saturated rings. The zero-order chi connectivity index (χ0) is 26.0. The highest BCUT2D eigenvalue weighted by atomic mass is 19.1. The number of rotatable bonds is 9. The maximum Gasteiger partial charge on any atom is 0.341 e. The second kappa shape index (κ2) is 10.2. The van der Waals surface area contributed by atoms with E-state index >= 15 is 0 Å². The molecule has 1 aliphatic heterocycles. The summed E-state index contributed by atoms with van der Waals surface area (Å²) in [4.78, 5) is 50.8. The predicted octanol–water partition coefficient (Wildman–Crippen LogP) is 0.761. The Hall–Kier alpha value is -3.21. The maximum atomic E-state index is 14.3. The predicted molar refractivity (Wildman–Crippen MR) is 122 cm³/mol.